The van der Waals surface area contributed by atoms with E-state index in [2.05, 4.69) is 20.6 Å². The molecule has 0 fully saturated rings. The minimum absolute atomic E-state index is 0.00761. The molecule has 134 valence electrons. The molecule has 0 bridgehead atoms. The van der Waals surface area contributed by atoms with Crippen LogP contribution in [0.1, 0.15) is 43.4 Å². The molecule has 2 N–H and O–H groups in total. The van der Waals surface area contributed by atoms with Gasteiger partial charge in [-0.05, 0) is 38.1 Å². The average Bonchev–Trinajstić information content (AvgIpc) is 3.28. The van der Waals surface area contributed by atoms with E-state index in [0.717, 1.165) is 34.0 Å². The zero-order chi connectivity index (χ0) is 18.3. The van der Waals surface area contributed by atoms with Gasteiger partial charge >= 0.3 is 0 Å². The van der Waals surface area contributed by atoms with Crippen LogP contribution in [0, 0.1) is 0 Å². The number of benzene rings is 1. The first-order chi connectivity index (χ1) is 12.6. The van der Waals surface area contributed by atoms with Crippen molar-refractivity contribution in [1.29, 1.82) is 0 Å². The number of aromatic nitrogens is 4. The highest BCUT2D eigenvalue weighted by atomic mass is 16.5. The van der Waals surface area contributed by atoms with Gasteiger partial charge in [-0.3, -0.25) is 9.89 Å². The van der Waals surface area contributed by atoms with Crippen LogP contribution in [-0.4, -0.2) is 33.0 Å². The van der Waals surface area contributed by atoms with Crippen LogP contribution in [0.4, 0.5) is 5.82 Å². The minimum atomic E-state index is -0.0814. The normalized spacial score (nSPS) is 16.5. The summed E-state index contributed by atoms with van der Waals surface area (Å²) in [5.41, 5.74) is 3.93. The molecule has 0 spiro atoms. The van der Waals surface area contributed by atoms with E-state index in [4.69, 9.17) is 4.74 Å². The number of H-pyrrole nitrogens is 1. The maximum Gasteiger partial charge on any atom is 0.226 e. The molecule has 7 nitrogen and oxygen atoms in total. The first-order valence-corrected chi connectivity index (χ1v) is 8.63. The Labute approximate surface area is 151 Å². The summed E-state index contributed by atoms with van der Waals surface area (Å²) in [6.45, 7) is 4.09. The third-order valence-electron chi connectivity index (χ3n) is 4.76. The highest BCUT2D eigenvalue weighted by molar-refractivity contribution is 5.94. The third-order valence-corrected chi connectivity index (χ3v) is 4.76. The number of nitrogens with one attached hydrogen (secondary N) is 2. The van der Waals surface area contributed by atoms with Crippen LogP contribution in [0.3, 0.4) is 0 Å². The molecule has 1 atom stereocenters. The number of carbonyl (C=O) groups excluding carboxylic acids is 1. The molecule has 1 amide bonds. The Morgan fingerprint density at radius 2 is 1.96 bits per heavy atom. The largest absolute Gasteiger partial charge is 0.497 e. The Balaban J connectivity index is 1.78. The van der Waals surface area contributed by atoms with Gasteiger partial charge in [-0.1, -0.05) is 0 Å². The standard InChI is InChI=1S/C19H21N5O2/c1-11(2)24-19-16(10-21-24)14(8-17(25)22-19)15-9-20-23-18(15)12-4-6-13(26-3)7-5-12/h4-7,9-11,14H,8H2,1-3H3,(H,20,23)(H,22,25). The quantitative estimate of drug-likeness (QED) is 0.755. The number of aromatic amines is 1. The summed E-state index contributed by atoms with van der Waals surface area (Å²) in [4.78, 5) is 12.3. The van der Waals surface area contributed by atoms with Crippen molar-refractivity contribution in [2.75, 3.05) is 12.4 Å². The number of anilines is 1. The molecule has 1 aromatic carbocycles. The predicted molar refractivity (Wildman–Crippen MR) is 98.3 cm³/mol. The number of hydrogen-bond acceptors (Lipinski definition) is 4. The van der Waals surface area contributed by atoms with E-state index in [1.807, 2.05) is 49.0 Å². The van der Waals surface area contributed by atoms with Crippen LogP contribution in [0.2, 0.25) is 0 Å². The van der Waals surface area contributed by atoms with Crippen LogP contribution >= 0.6 is 0 Å². The highest BCUT2D eigenvalue weighted by Crippen LogP contribution is 2.41. The molecule has 4 rings (SSSR count). The fourth-order valence-corrected chi connectivity index (χ4v) is 3.46. The number of carbonyl (C=O) groups is 1. The SMILES string of the molecule is COc1ccc(-c2[nH]ncc2C2CC(=O)Nc3c2cnn3C(C)C)cc1. The summed E-state index contributed by atoms with van der Waals surface area (Å²) >= 11 is 0. The summed E-state index contributed by atoms with van der Waals surface area (Å²) in [5.74, 6) is 1.49. The third kappa shape index (κ3) is 2.65. The number of ether oxygens (including phenoxy) is 1. The summed E-state index contributed by atoms with van der Waals surface area (Å²) in [5, 5.41) is 14.8. The summed E-state index contributed by atoms with van der Waals surface area (Å²) < 4.78 is 7.08. The number of rotatable bonds is 4. The maximum atomic E-state index is 12.3. The van der Waals surface area contributed by atoms with Crippen molar-refractivity contribution in [3.63, 3.8) is 0 Å². The van der Waals surface area contributed by atoms with E-state index >= 15 is 0 Å². The van der Waals surface area contributed by atoms with Gasteiger partial charge in [0.1, 0.15) is 11.6 Å². The van der Waals surface area contributed by atoms with Crippen molar-refractivity contribution in [3.8, 4) is 17.0 Å². The molecule has 3 heterocycles. The van der Waals surface area contributed by atoms with Gasteiger partial charge in [-0.2, -0.15) is 10.2 Å². The molecule has 26 heavy (non-hydrogen) atoms. The van der Waals surface area contributed by atoms with E-state index in [1.165, 1.54) is 0 Å². The summed E-state index contributed by atoms with van der Waals surface area (Å²) in [6, 6.07) is 7.96. The van der Waals surface area contributed by atoms with Gasteiger partial charge in [-0.15, -0.1) is 0 Å². The van der Waals surface area contributed by atoms with Gasteiger partial charge in [-0.25, -0.2) is 4.68 Å². The molecular formula is C19H21N5O2. The van der Waals surface area contributed by atoms with Crippen molar-refractivity contribution in [2.45, 2.75) is 32.2 Å². The highest BCUT2D eigenvalue weighted by Gasteiger charge is 2.32. The monoisotopic (exact) mass is 351 g/mol. The summed E-state index contributed by atoms with van der Waals surface area (Å²) in [6.07, 6.45) is 4.03. The average molecular weight is 351 g/mol. The molecule has 1 aliphatic rings. The number of methoxy groups -OCH3 is 1. The molecule has 0 saturated heterocycles. The van der Waals surface area contributed by atoms with Gasteiger partial charge in [0.05, 0.1) is 25.2 Å². The van der Waals surface area contributed by atoms with Crippen molar-refractivity contribution in [1.82, 2.24) is 20.0 Å². The second kappa shape index (κ2) is 6.33. The molecule has 1 aliphatic heterocycles. The van der Waals surface area contributed by atoms with Crippen LogP contribution in [0.25, 0.3) is 11.3 Å². The number of hydrogen-bond donors (Lipinski definition) is 2. The smallest absolute Gasteiger partial charge is 0.226 e. The molecule has 0 aliphatic carbocycles. The van der Waals surface area contributed by atoms with Crippen molar-refractivity contribution in [2.24, 2.45) is 0 Å². The van der Waals surface area contributed by atoms with E-state index in [0.29, 0.717) is 6.42 Å². The minimum Gasteiger partial charge on any atom is -0.497 e. The Morgan fingerprint density at radius 1 is 1.19 bits per heavy atom. The van der Waals surface area contributed by atoms with Gasteiger partial charge in [0.2, 0.25) is 5.91 Å². The maximum absolute atomic E-state index is 12.3. The number of nitrogens with zero attached hydrogens (tertiary/aromatic N) is 3. The first-order valence-electron chi connectivity index (χ1n) is 8.63. The Kier molecular flexibility index (Phi) is 3.99. The van der Waals surface area contributed by atoms with Gasteiger partial charge < -0.3 is 10.1 Å². The Bertz CT molecular complexity index is 939. The molecule has 0 radical (unpaired) electrons. The zero-order valence-corrected chi connectivity index (χ0v) is 15.0. The lowest BCUT2D eigenvalue weighted by molar-refractivity contribution is -0.116. The van der Waals surface area contributed by atoms with E-state index in [-0.39, 0.29) is 17.9 Å². The lowest BCUT2D eigenvalue weighted by Gasteiger charge is -2.24. The van der Waals surface area contributed by atoms with Gasteiger partial charge in [0.15, 0.2) is 0 Å². The van der Waals surface area contributed by atoms with Crippen molar-refractivity contribution >= 4 is 11.7 Å². The molecule has 1 unspecified atom stereocenters. The van der Waals surface area contributed by atoms with Crippen LogP contribution in [-0.2, 0) is 4.79 Å². The summed E-state index contributed by atoms with van der Waals surface area (Å²) in [7, 11) is 1.64. The number of fused-ring (bicyclic) bond motifs is 1. The lowest BCUT2D eigenvalue weighted by Crippen LogP contribution is -2.25. The lowest BCUT2D eigenvalue weighted by atomic mass is 9.86. The molecule has 2 aromatic heterocycles. The van der Waals surface area contributed by atoms with Crippen LogP contribution in [0.15, 0.2) is 36.7 Å². The van der Waals surface area contributed by atoms with E-state index < -0.39 is 0 Å². The molecule has 7 heteroatoms. The second-order valence-corrected chi connectivity index (χ2v) is 6.72. The Morgan fingerprint density at radius 3 is 2.65 bits per heavy atom. The fourth-order valence-electron chi connectivity index (χ4n) is 3.46. The molecule has 3 aromatic rings. The fraction of sp³-hybridized carbons (Fsp3) is 0.316. The zero-order valence-electron chi connectivity index (χ0n) is 15.0. The molecule has 0 saturated carbocycles. The van der Waals surface area contributed by atoms with Gasteiger partial charge in [0, 0.05) is 35.1 Å². The van der Waals surface area contributed by atoms with E-state index in [1.54, 1.807) is 13.3 Å². The van der Waals surface area contributed by atoms with Crippen LogP contribution in [0.5, 0.6) is 5.75 Å². The van der Waals surface area contributed by atoms with Crippen molar-refractivity contribution in [3.05, 3.63) is 47.8 Å². The van der Waals surface area contributed by atoms with E-state index in [9.17, 15) is 4.79 Å². The first kappa shape index (κ1) is 16.4. The number of amides is 1. The van der Waals surface area contributed by atoms with Crippen molar-refractivity contribution < 1.29 is 9.53 Å². The molecular weight excluding hydrogens is 330 g/mol. The Hall–Kier alpha value is -3.09. The second-order valence-electron chi connectivity index (χ2n) is 6.72. The topological polar surface area (TPSA) is 84.8 Å². The van der Waals surface area contributed by atoms with Gasteiger partial charge in [0.25, 0.3) is 0 Å². The van der Waals surface area contributed by atoms with Crippen LogP contribution < -0.4 is 10.1 Å². The predicted octanol–water partition coefficient (Wildman–Crippen LogP) is 3.34.